The Kier molecular flexibility index (Phi) is 7.99. The van der Waals surface area contributed by atoms with Crippen LogP contribution in [0.2, 0.25) is 0 Å². The summed E-state index contributed by atoms with van der Waals surface area (Å²) in [5.41, 5.74) is 6.44. The number of carbonyl (C=O) groups is 2. The molecule has 0 aromatic heterocycles. The summed E-state index contributed by atoms with van der Waals surface area (Å²) < 4.78 is 17.9. The number of piperidine rings is 1. The van der Waals surface area contributed by atoms with E-state index in [0.717, 1.165) is 45.4 Å². The molecule has 222 valence electrons. The highest BCUT2D eigenvalue weighted by Gasteiger charge is 2.52. The summed E-state index contributed by atoms with van der Waals surface area (Å²) in [5, 5.41) is 18.2. The van der Waals surface area contributed by atoms with Crippen LogP contribution in [0, 0.1) is 17.8 Å². The smallest absolute Gasteiger partial charge is 0.226 e. The van der Waals surface area contributed by atoms with E-state index in [1.165, 1.54) is 12.8 Å². The zero-order valence-corrected chi connectivity index (χ0v) is 23.7. The van der Waals surface area contributed by atoms with E-state index >= 15 is 0 Å². The molecule has 13 heteroatoms. The first-order valence-corrected chi connectivity index (χ1v) is 16.0. The van der Waals surface area contributed by atoms with Crippen molar-refractivity contribution in [2.75, 3.05) is 46.0 Å². The molecule has 7 N–H and O–H groups in total. The van der Waals surface area contributed by atoms with E-state index in [1.54, 1.807) is 6.08 Å². The zero-order valence-electron chi connectivity index (χ0n) is 22.9. The summed E-state index contributed by atoms with van der Waals surface area (Å²) in [6.45, 7) is 4.67. The minimum atomic E-state index is -0.551. The molecule has 6 heterocycles. The highest BCUT2D eigenvalue weighted by molar-refractivity contribution is 8.00. The highest BCUT2D eigenvalue weighted by Crippen LogP contribution is 2.39. The Morgan fingerprint density at radius 2 is 1.95 bits per heavy atom. The molecule has 6 aliphatic heterocycles. The van der Waals surface area contributed by atoms with Crippen molar-refractivity contribution in [3.05, 3.63) is 12.0 Å². The normalized spacial score (nSPS) is 45.5. The Bertz CT molecular complexity index is 998. The SMILES string of the molecule is N[C@@H]1CCCC[C@@H]1NC1CC2CNC(=O)C2C(NC2CNC(C3COC4C(=O)C=C(N5CCOCC5)OC43)S2)N1. The van der Waals surface area contributed by atoms with Gasteiger partial charge in [0.2, 0.25) is 5.91 Å². The Morgan fingerprint density at radius 1 is 1.10 bits per heavy atom. The van der Waals surface area contributed by atoms with Crippen molar-refractivity contribution in [3.8, 4) is 0 Å². The molecule has 0 radical (unpaired) electrons. The van der Waals surface area contributed by atoms with Gasteiger partial charge in [0.15, 0.2) is 17.8 Å². The topological polar surface area (TPSA) is 151 Å². The molecule has 7 rings (SSSR count). The third-order valence-electron chi connectivity index (χ3n) is 9.75. The third-order valence-corrected chi connectivity index (χ3v) is 11.2. The number of carbonyl (C=O) groups excluding carboxylic acids is 2. The van der Waals surface area contributed by atoms with Crippen LogP contribution in [0.5, 0.6) is 0 Å². The van der Waals surface area contributed by atoms with Gasteiger partial charge in [0.25, 0.3) is 0 Å². The van der Waals surface area contributed by atoms with Crippen LogP contribution >= 0.6 is 11.8 Å². The summed E-state index contributed by atoms with van der Waals surface area (Å²) in [5.74, 6) is 0.980. The lowest BCUT2D eigenvalue weighted by Gasteiger charge is -2.42. The van der Waals surface area contributed by atoms with Crippen molar-refractivity contribution in [2.24, 2.45) is 23.5 Å². The van der Waals surface area contributed by atoms with Gasteiger partial charge in [0, 0.05) is 50.3 Å². The predicted molar refractivity (Wildman–Crippen MR) is 149 cm³/mol. The summed E-state index contributed by atoms with van der Waals surface area (Å²) in [6, 6.07) is 0.494. The van der Waals surface area contributed by atoms with E-state index < -0.39 is 6.10 Å². The van der Waals surface area contributed by atoms with Gasteiger partial charge in [0.1, 0.15) is 6.10 Å². The van der Waals surface area contributed by atoms with Gasteiger partial charge in [-0.25, -0.2) is 0 Å². The van der Waals surface area contributed by atoms with E-state index in [1.807, 2.05) is 11.8 Å². The minimum absolute atomic E-state index is 0.0150. The van der Waals surface area contributed by atoms with Crippen LogP contribution in [-0.2, 0) is 23.8 Å². The van der Waals surface area contributed by atoms with Crippen molar-refractivity contribution in [1.29, 1.82) is 0 Å². The lowest BCUT2D eigenvalue weighted by molar-refractivity contribution is -0.133. The first kappa shape index (κ1) is 27.4. The number of hydrogen-bond acceptors (Lipinski definition) is 12. The molecule has 0 aromatic rings. The van der Waals surface area contributed by atoms with E-state index in [4.69, 9.17) is 19.9 Å². The second kappa shape index (κ2) is 11.7. The Hall–Kier alpha value is -1.45. The molecule has 12 nitrogen and oxygen atoms in total. The standard InChI is InChI=1S/C27H43N7O5S/c28-16-3-1-2-4-17(16)31-19-9-14-11-29-26(36)22(14)25(32-19)33-20-12-30-27(40-20)15-13-38-24-18(35)10-21(39-23(15)24)34-5-7-37-8-6-34/h10,14-17,19-20,22-25,27,30-33H,1-9,11-13,28H2,(H,29,36)/t14?,15?,16-,17+,19?,20?,22?,23?,24?,25?,27?/m1/s1. The van der Waals surface area contributed by atoms with Crippen molar-refractivity contribution < 1.29 is 23.8 Å². The predicted octanol–water partition coefficient (Wildman–Crippen LogP) is -1.41. The number of thioether (sulfide) groups is 1. The molecule has 1 amide bonds. The molecule has 11 atom stereocenters. The number of morpholine rings is 1. The second-order valence-electron chi connectivity index (χ2n) is 12.3. The van der Waals surface area contributed by atoms with Crippen LogP contribution in [0.4, 0.5) is 0 Å². The van der Waals surface area contributed by atoms with Crippen LogP contribution in [0.15, 0.2) is 12.0 Å². The highest BCUT2D eigenvalue weighted by atomic mass is 32.2. The Labute approximate surface area is 239 Å². The van der Waals surface area contributed by atoms with Crippen molar-refractivity contribution in [3.63, 3.8) is 0 Å². The number of nitrogens with two attached hydrogens (primary N) is 1. The first-order valence-electron chi connectivity index (χ1n) is 15.1. The number of hydrogen-bond donors (Lipinski definition) is 6. The van der Waals surface area contributed by atoms with Crippen LogP contribution in [-0.4, -0.2) is 110 Å². The summed E-state index contributed by atoms with van der Waals surface area (Å²) >= 11 is 1.81. The Balaban J connectivity index is 0.985. The number of fused-ring (bicyclic) bond motifs is 2. The maximum absolute atomic E-state index is 12.9. The van der Waals surface area contributed by atoms with Gasteiger partial charge in [-0.2, -0.15) is 0 Å². The van der Waals surface area contributed by atoms with Crippen molar-refractivity contribution in [1.82, 2.24) is 31.5 Å². The fraction of sp³-hybridized carbons (Fsp3) is 0.852. The molecule has 40 heavy (non-hydrogen) atoms. The molecule has 0 aromatic carbocycles. The Morgan fingerprint density at radius 3 is 2.80 bits per heavy atom. The molecule has 6 fully saturated rings. The van der Waals surface area contributed by atoms with Gasteiger partial charge < -0.3 is 35.5 Å². The molecule has 1 saturated carbocycles. The molecular weight excluding hydrogens is 534 g/mol. The fourth-order valence-corrected chi connectivity index (χ4v) is 8.98. The summed E-state index contributed by atoms with van der Waals surface area (Å²) in [4.78, 5) is 27.8. The number of ketones is 1. The van der Waals surface area contributed by atoms with E-state index in [9.17, 15) is 9.59 Å². The molecular formula is C27H43N7O5S. The molecule has 9 unspecified atom stereocenters. The first-order chi connectivity index (χ1) is 19.5. The minimum Gasteiger partial charge on any atom is -0.472 e. The maximum atomic E-state index is 12.9. The molecule has 1 aliphatic carbocycles. The van der Waals surface area contributed by atoms with Crippen LogP contribution in [0.25, 0.3) is 0 Å². The van der Waals surface area contributed by atoms with Crippen LogP contribution in [0.3, 0.4) is 0 Å². The quantitative estimate of drug-likeness (QED) is 0.220. The molecule has 7 aliphatic rings. The summed E-state index contributed by atoms with van der Waals surface area (Å²) in [7, 11) is 0. The van der Waals surface area contributed by atoms with E-state index in [2.05, 4.69) is 31.5 Å². The average Bonchev–Trinajstić information content (AvgIpc) is 3.69. The van der Waals surface area contributed by atoms with Gasteiger partial charge in [-0.05, 0) is 25.2 Å². The van der Waals surface area contributed by atoms with E-state index in [0.29, 0.717) is 31.7 Å². The van der Waals surface area contributed by atoms with Crippen LogP contribution in [0.1, 0.15) is 32.1 Å². The molecule has 0 bridgehead atoms. The fourth-order valence-electron chi connectivity index (χ4n) is 7.58. The van der Waals surface area contributed by atoms with E-state index in [-0.39, 0.29) is 64.7 Å². The van der Waals surface area contributed by atoms with Gasteiger partial charge in [-0.3, -0.25) is 25.5 Å². The van der Waals surface area contributed by atoms with Gasteiger partial charge in [-0.15, -0.1) is 11.8 Å². The van der Waals surface area contributed by atoms with Gasteiger partial charge >= 0.3 is 0 Å². The van der Waals surface area contributed by atoms with Crippen molar-refractivity contribution >= 4 is 23.5 Å². The third kappa shape index (κ3) is 5.39. The second-order valence-corrected chi connectivity index (χ2v) is 13.6. The number of ether oxygens (including phenoxy) is 3. The summed E-state index contributed by atoms with van der Waals surface area (Å²) in [6.07, 6.45) is 6.21. The number of nitrogens with zero attached hydrogens (tertiary/aromatic N) is 1. The number of rotatable bonds is 6. The van der Waals surface area contributed by atoms with Crippen molar-refractivity contribution in [2.45, 2.75) is 79.5 Å². The van der Waals surface area contributed by atoms with Gasteiger partial charge in [-0.1, -0.05) is 12.8 Å². The lowest BCUT2D eigenvalue weighted by atomic mass is 9.84. The average molecular weight is 578 g/mol. The molecule has 5 saturated heterocycles. The van der Waals surface area contributed by atoms with Gasteiger partial charge in [0.05, 0.1) is 48.8 Å². The lowest BCUT2D eigenvalue weighted by Crippen LogP contribution is -2.66. The molecule has 0 spiro atoms. The maximum Gasteiger partial charge on any atom is 0.226 e. The zero-order chi connectivity index (χ0) is 27.2. The monoisotopic (exact) mass is 577 g/mol. The largest absolute Gasteiger partial charge is 0.472 e. The number of amides is 1. The number of nitrogens with one attached hydrogen (secondary N) is 5. The van der Waals surface area contributed by atoms with Crippen LogP contribution < -0.4 is 32.3 Å².